The van der Waals surface area contributed by atoms with Crippen molar-refractivity contribution in [3.63, 3.8) is 0 Å². The molecule has 9 heteroatoms. The molecule has 1 saturated heterocycles. The van der Waals surface area contributed by atoms with Crippen LogP contribution in [0.15, 0.2) is 52.4 Å². The first-order chi connectivity index (χ1) is 11.9. The lowest BCUT2D eigenvalue weighted by Gasteiger charge is -1.99. The highest BCUT2D eigenvalue weighted by atomic mass is 35.5. The number of nitro benzene ring substituents is 1. The first-order valence-electron chi connectivity index (χ1n) is 6.91. The summed E-state index contributed by atoms with van der Waals surface area (Å²) >= 11 is 13.1. The van der Waals surface area contributed by atoms with Gasteiger partial charge >= 0.3 is 0 Å². The second-order valence-electron chi connectivity index (χ2n) is 4.93. The van der Waals surface area contributed by atoms with Crippen molar-refractivity contribution in [1.29, 1.82) is 0 Å². The van der Waals surface area contributed by atoms with Gasteiger partial charge in [-0.05, 0) is 53.7 Å². The number of amides is 1. The van der Waals surface area contributed by atoms with E-state index in [1.807, 2.05) is 0 Å². The number of hydrogen-bond donors (Lipinski definition) is 1. The maximum absolute atomic E-state index is 12.1. The standard InChI is InChI=1S/C16H9Cl2N3O3S/c17-10-3-6-13(12(18)8-10)19-16-20-15(22)14(25-16)7-9-1-4-11(5-2-9)21(23)24/h1-8H,(H,19,20,22). The fraction of sp³-hybridized carbons (Fsp3) is 0. The van der Waals surface area contributed by atoms with Crippen LogP contribution in [0.3, 0.4) is 0 Å². The Morgan fingerprint density at radius 1 is 1.16 bits per heavy atom. The number of rotatable bonds is 3. The van der Waals surface area contributed by atoms with E-state index in [0.29, 0.717) is 31.4 Å². The molecule has 0 aromatic heterocycles. The maximum atomic E-state index is 12.1. The number of carbonyl (C=O) groups excluding carboxylic acids is 1. The molecule has 2 aromatic rings. The Bertz CT molecular complexity index is 927. The Kier molecular flexibility index (Phi) is 5.08. The van der Waals surface area contributed by atoms with E-state index in [4.69, 9.17) is 23.2 Å². The number of nitrogens with zero attached hydrogens (tertiary/aromatic N) is 2. The van der Waals surface area contributed by atoms with Crippen LogP contribution in [-0.2, 0) is 4.79 Å². The molecule has 1 amide bonds. The number of carbonyl (C=O) groups is 1. The summed E-state index contributed by atoms with van der Waals surface area (Å²) in [6.45, 7) is 0. The molecule has 6 nitrogen and oxygen atoms in total. The highest BCUT2D eigenvalue weighted by Gasteiger charge is 2.24. The second kappa shape index (κ2) is 7.26. The molecule has 0 aliphatic carbocycles. The lowest BCUT2D eigenvalue weighted by atomic mass is 10.2. The summed E-state index contributed by atoms with van der Waals surface area (Å²) < 4.78 is 0. The normalized spacial score (nSPS) is 17.1. The van der Waals surface area contributed by atoms with E-state index in [-0.39, 0.29) is 11.6 Å². The van der Waals surface area contributed by atoms with Crippen molar-refractivity contribution in [2.45, 2.75) is 0 Å². The minimum Gasteiger partial charge on any atom is -0.300 e. The summed E-state index contributed by atoms with van der Waals surface area (Å²) in [4.78, 5) is 27.0. The van der Waals surface area contributed by atoms with Crippen molar-refractivity contribution < 1.29 is 9.72 Å². The Balaban J connectivity index is 1.82. The average molecular weight is 394 g/mol. The molecule has 1 aliphatic rings. The molecule has 3 rings (SSSR count). The number of aliphatic imine (C=N–C) groups is 1. The molecule has 1 fully saturated rings. The van der Waals surface area contributed by atoms with Gasteiger partial charge in [-0.3, -0.25) is 14.9 Å². The molecule has 0 atom stereocenters. The van der Waals surface area contributed by atoms with Gasteiger partial charge in [0.15, 0.2) is 5.17 Å². The monoisotopic (exact) mass is 393 g/mol. The highest BCUT2D eigenvalue weighted by molar-refractivity contribution is 8.18. The molecular formula is C16H9Cl2N3O3S. The summed E-state index contributed by atoms with van der Waals surface area (Å²) in [6.07, 6.45) is 1.63. The molecule has 0 unspecified atom stereocenters. The third kappa shape index (κ3) is 4.19. The van der Waals surface area contributed by atoms with Crippen molar-refractivity contribution in [1.82, 2.24) is 5.32 Å². The van der Waals surface area contributed by atoms with E-state index in [1.165, 1.54) is 12.1 Å². The van der Waals surface area contributed by atoms with Crippen LogP contribution in [-0.4, -0.2) is 16.0 Å². The largest absolute Gasteiger partial charge is 0.300 e. The predicted octanol–water partition coefficient (Wildman–Crippen LogP) is 4.79. The van der Waals surface area contributed by atoms with Gasteiger partial charge in [-0.15, -0.1) is 0 Å². The second-order valence-corrected chi connectivity index (χ2v) is 6.80. The SMILES string of the molecule is O=C1NC(=Nc2ccc(Cl)cc2Cl)SC1=Cc1ccc([N+](=O)[O-])cc1. The topological polar surface area (TPSA) is 84.6 Å². The number of thioether (sulfide) groups is 1. The molecule has 1 N–H and O–H groups in total. The molecule has 0 bridgehead atoms. The zero-order valence-corrected chi connectivity index (χ0v) is 14.7. The van der Waals surface area contributed by atoms with Crippen LogP contribution in [0.2, 0.25) is 10.0 Å². The zero-order valence-electron chi connectivity index (χ0n) is 12.4. The molecule has 1 aliphatic heterocycles. The number of nitrogens with one attached hydrogen (secondary N) is 1. The fourth-order valence-corrected chi connectivity index (χ4v) is 3.29. The average Bonchev–Trinajstić information content (AvgIpc) is 2.90. The van der Waals surface area contributed by atoms with Gasteiger partial charge in [-0.2, -0.15) is 0 Å². The predicted molar refractivity (Wildman–Crippen MR) is 100 cm³/mol. The summed E-state index contributed by atoms with van der Waals surface area (Å²) in [6, 6.07) is 10.8. The van der Waals surface area contributed by atoms with E-state index in [0.717, 1.165) is 11.8 Å². The molecule has 0 saturated carbocycles. The number of hydrogen-bond acceptors (Lipinski definition) is 5. The molecule has 25 heavy (non-hydrogen) atoms. The van der Waals surface area contributed by atoms with E-state index < -0.39 is 4.92 Å². The van der Waals surface area contributed by atoms with Gasteiger partial charge in [0.1, 0.15) is 0 Å². The minimum atomic E-state index is -0.478. The number of benzene rings is 2. The molecule has 0 radical (unpaired) electrons. The molecule has 1 heterocycles. The van der Waals surface area contributed by atoms with Gasteiger partial charge < -0.3 is 5.32 Å². The minimum absolute atomic E-state index is 0.00897. The van der Waals surface area contributed by atoms with Gasteiger partial charge in [0, 0.05) is 17.2 Å². The van der Waals surface area contributed by atoms with Crippen LogP contribution in [0, 0.1) is 10.1 Å². The Labute approximate surface area is 156 Å². The van der Waals surface area contributed by atoms with Crippen molar-refractivity contribution in [2.75, 3.05) is 0 Å². The smallest absolute Gasteiger partial charge is 0.269 e. The Morgan fingerprint density at radius 2 is 1.88 bits per heavy atom. The van der Waals surface area contributed by atoms with Gasteiger partial charge in [0.05, 0.1) is 20.5 Å². The van der Waals surface area contributed by atoms with E-state index in [9.17, 15) is 14.9 Å². The summed E-state index contributed by atoms with van der Waals surface area (Å²) in [7, 11) is 0. The van der Waals surface area contributed by atoms with Gasteiger partial charge in [0.2, 0.25) is 0 Å². The lowest BCUT2D eigenvalue weighted by molar-refractivity contribution is -0.384. The fourth-order valence-electron chi connectivity index (χ4n) is 2.01. The lowest BCUT2D eigenvalue weighted by Crippen LogP contribution is -2.19. The number of nitro groups is 1. The van der Waals surface area contributed by atoms with Crippen molar-refractivity contribution in [2.24, 2.45) is 4.99 Å². The van der Waals surface area contributed by atoms with Gasteiger partial charge in [-0.1, -0.05) is 23.2 Å². The van der Waals surface area contributed by atoms with E-state index in [1.54, 1.807) is 36.4 Å². The maximum Gasteiger partial charge on any atom is 0.269 e. The number of non-ortho nitro benzene ring substituents is 1. The Hall–Kier alpha value is -2.35. The quantitative estimate of drug-likeness (QED) is 0.461. The summed E-state index contributed by atoms with van der Waals surface area (Å²) in [5.41, 5.74) is 1.16. The van der Waals surface area contributed by atoms with E-state index in [2.05, 4.69) is 10.3 Å². The van der Waals surface area contributed by atoms with Crippen LogP contribution in [0.4, 0.5) is 11.4 Å². The third-order valence-electron chi connectivity index (χ3n) is 3.18. The van der Waals surface area contributed by atoms with Crippen LogP contribution in [0.25, 0.3) is 6.08 Å². The summed E-state index contributed by atoms with van der Waals surface area (Å²) in [5.74, 6) is -0.299. The van der Waals surface area contributed by atoms with Crippen molar-refractivity contribution in [3.05, 3.63) is 73.1 Å². The Morgan fingerprint density at radius 3 is 2.52 bits per heavy atom. The molecule has 2 aromatic carbocycles. The van der Waals surface area contributed by atoms with Crippen LogP contribution >= 0.6 is 35.0 Å². The van der Waals surface area contributed by atoms with Crippen molar-refractivity contribution >= 4 is 63.5 Å². The summed E-state index contributed by atoms with van der Waals surface area (Å²) in [5, 5.41) is 14.6. The van der Waals surface area contributed by atoms with Crippen molar-refractivity contribution in [3.8, 4) is 0 Å². The van der Waals surface area contributed by atoms with Gasteiger partial charge in [-0.25, -0.2) is 4.99 Å². The van der Waals surface area contributed by atoms with Crippen LogP contribution < -0.4 is 5.32 Å². The molecule has 0 spiro atoms. The molecular weight excluding hydrogens is 385 g/mol. The van der Waals surface area contributed by atoms with Gasteiger partial charge in [0.25, 0.3) is 11.6 Å². The third-order valence-corrected chi connectivity index (χ3v) is 4.63. The van der Waals surface area contributed by atoms with Crippen LogP contribution in [0.5, 0.6) is 0 Å². The zero-order chi connectivity index (χ0) is 18.0. The number of halogens is 2. The van der Waals surface area contributed by atoms with E-state index >= 15 is 0 Å². The number of amidine groups is 1. The first kappa shape index (κ1) is 17.5. The van der Waals surface area contributed by atoms with Crippen LogP contribution in [0.1, 0.15) is 5.56 Å². The molecule has 126 valence electrons. The first-order valence-corrected chi connectivity index (χ1v) is 8.49. The highest BCUT2D eigenvalue weighted by Crippen LogP contribution is 2.32.